The third-order valence-electron chi connectivity index (χ3n) is 3.36. The summed E-state index contributed by atoms with van der Waals surface area (Å²) in [6, 6.07) is 14.6. The van der Waals surface area contributed by atoms with Crippen molar-refractivity contribution in [3.63, 3.8) is 0 Å². The van der Waals surface area contributed by atoms with Crippen LogP contribution in [0.15, 0.2) is 54.7 Å². The SMILES string of the molecule is Cc1ccc(-c2nn(-c3ccccc3Cl)cc2C(=O)[O-])cc1. The number of carbonyl (C=O) groups is 1. The van der Waals surface area contributed by atoms with Crippen LogP contribution < -0.4 is 5.11 Å². The molecular weight excluding hydrogens is 300 g/mol. The molecule has 22 heavy (non-hydrogen) atoms. The van der Waals surface area contributed by atoms with Crippen LogP contribution >= 0.6 is 11.6 Å². The number of carboxylic acid groups (broad SMARTS) is 1. The summed E-state index contributed by atoms with van der Waals surface area (Å²) in [5.41, 5.74) is 2.81. The maximum Gasteiger partial charge on any atom is 0.102 e. The molecule has 110 valence electrons. The quantitative estimate of drug-likeness (QED) is 0.747. The monoisotopic (exact) mass is 311 g/mol. The zero-order valence-corrected chi connectivity index (χ0v) is 12.5. The molecule has 3 rings (SSSR count). The molecule has 1 heterocycles. The van der Waals surface area contributed by atoms with E-state index in [0.717, 1.165) is 11.1 Å². The molecule has 0 aliphatic rings. The molecule has 0 N–H and O–H groups in total. The van der Waals surface area contributed by atoms with Crippen LogP contribution in [-0.4, -0.2) is 15.7 Å². The summed E-state index contributed by atoms with van der Waals surface area (Å²) in [5, 5.41) is 16.3. The van der Waals surface area contributed by atoms with E-state index in [2.05, 4.69) is 5.10 Å². The van der Waals surface area contributed by atoms with Crippen molar-refractivity contribution >= 4 is 17.6 Å². The van der Waals surface area contributed by atoms with Crippen molar-refractivity contribution in [2.75, 3.05) is 0 Å². The van der Waals surface area contributed by atoms with E-state index in [0.29, 0.717) is 16.4 Å². The van der Waals surface area contributed by atoms with Gasteiger partial charge in [0.2, 0.25) is 0 Å². The average molecular weight is 312 g/mol. The van der Waals surface area contributed by atoms with Crippen LogP contribution in [0.4, 0.5) is 0 Å². The molecule has 1 aromatic heterocycles. The Morgan fingerprint density at radius 3 is 2.45 bits per heavy atom. The second kappa shape index (κ2) is 5.66. The molecule has 0 aliphatic carbocycles. The highest BCUT2D eigenvalue weighted by Gasteiger charge is 2.14. The second-order valence-corrected chi connectivity index (χ2v) is 5.35. The summed E-state index contributed by atoms with van der Waals surface area (Å²) in [4.78, 5) is 11.4. The molecule has 0 atom stereocenters. The van der Waals surface area contributed by atoms with Gasteiger partial charge in [-0.3, -0.25) is 0 Å². The maximum absolute atomic E-state index is 11.4. The van der Waals surface area contributed by atoms with E-state index in [1.807, 2.05) is 37.3 Å². The Balaban J connectivity index is 2.17. The van der Waals surface area contributed by atoms with Gasteiger partial charge in [0, 0.05) is 17.3 Å². The molecule has 3 aromatic rings. The van der Waals surface area contributed by atoms with Crippen molar-refractivity contribution in [3.8, 4) is 16.9 Å². The average Bonchev–Trinajstić information content (AvgIpc) is 2.93. The topological polar surface area (TPSA) is 58.0 Å². The molecule has 5 heteroatoms. The molecular formula is C17H12ClN2O2-. The number of carboxylic acids is 1. The molecule has 0 aliphatic heterocycles. The molecule has 0 amide bonds. The summed E-state index contributed by atoms with van der Waals surface area (Å²) >= 11 is 6.14. The second-order valence-electron chi connectivity index (χ2n) is 4.94. The first-order valence-electron chi connectivity index (χ1n) is 6.69. The fraction of sp³-hybridized carbons (Fsp3) is 0.0588. The molecule has 0 bridgehead atoms. The number of hydrogen-bond acceptors (Lipinski definition) is 3. The van der Waals surface area contributed by atoms with Crippen LogP contribution in [0.25, 0.3) is 16.9 Å². The van der Waals surface area contributed by atoms with Crippen molar-refractivity contribution in [1.29, 1.82) is 0 Å². The number of aromatic nitrogens is 2. The minimum atomic E-state index is -1.27. The first-order valence-corrected chi connectivity index (χ1v) is 7.07. The fourth-order valence-electron chi connectivity index (χ4n) is 2.21. The largest absolute Gasteiger partial charge is 0.545 e. The molecule has 4 nitrogen and oxygen atoms in total. The Hall–Kier alpha value is -2.59. The third kappa shape index (κ3) is 2.61. The van der Waals surface area contributed by atoms with Crippen LogP contribution in [0.5, 0.6) is 0 Å². The van der Waals surface area contributed by atoms with Gasteiger partial charge in [-0.05, 0) is 19.1 Å². The van der Waals surface area contributed by atoms with E-state index in [1.165, 1.54) is 10.9 Å². The number of aryl methyl sites for hydroxylation is 1. The van der Waals surface area contributed by atoms with Gasteiger partial charge < -0.3 is 9.90 Å². The molecule has 0 spiro atoms. The van der Waals surface area contributed by atoms with Crippen LogP contribution in [0, 0.1) is 6.92 Å². The van der Waals surface area contributed by atoms with E-state index in [-0.39, 0.29) is 5.56 Å². The third-order valence-corrected chi connectivity index (χ3v) is 3.68. The lowest BCUT2D eigenvalue weighted by Gasteiger charge is -2.03. The lowest BCUT2D eigenvalue weighted by Crippen LogP contribution is -2.22. The highest BCUT2D eigenvalue weighted by Crippen LogP contribution is 2.26. The van der Waals surface area contributed by atoms with Crippen LogP contribution in [0.3, 0.4) is 0 Å². The summed E-state index contributed by atoms with van der Waals surface area (Å²) in [7, 11) is 0. The van der Waals surface area contributed by atoms with Crippen molar-refractivity contribution < 1.29 is 9.90 Å². The number of para-hydroxylation sites is 1. The Labute approximate surface area is 132 Å². The lowest BCUT2D eigenvalue weighted by atomic mass is 10.1. The van der Waals surface area contributed by atoms with Gasteiger partial charge >= 0.3 is 0 Å². The molecule has 0 radical (unpaired) electrons. The van der Waals surface area contributed by atoms with Gasteiger partial charge in [-0.1, -0.05) is 53.6 Å². The summed E-state index contributed by atoms with van der Waals surface area (Å²) in [6.07, 6.45) is 1.42. The number of nitrogens with zero attached hydrogens (tertiary/aromatic N) is 2. The highest BCUT2D eigenvalue weighted by molar-refractivity contribution is 6.32. The number of aromatic carboxylic acids is 1. The lowest BCUT2D eigenvalue weighted by molar-refractivity contribution is -0.254. The number of halogens is 1. The fourth-order valence-corrected chi connectivity index (χ4v) is 2.43. The Morgan fingerprint density at radius 1 is 1.14 bits per heavy atom. The molecule has 2 aromatic carbocycles. The van der Waals surface area contributed by atoms with Gasteiger partial charge in [0.15, 0.2) is 0 Å². The highest BCUT2D eigenvalue weighted by atomic mass is 35.5. The van der Waals surface area contributed by atoms with E-state index < -0.39 is 5.97 Å². The number of rotatable bonds is 3. The number of carbonyl (C=O) groups excluding carboxylic acids is 1. The Morgan fingerprint density at radius 2 is 1.82 bits per heavy atom. The predicted molar refractivity (Wildman–Crippen MR) is 83.1 cm³/mol. The van der Waals surface area contributed by atoms with E-state index in [4.69, 9.17) is 11.6 Å². The van der Waals surface area contributed by atoms with Gasteiger partial charge in [0.25, 0.3) is 0 Å². The minimum absolute atomic E-state index is 0.0313. The van der Waals surface area contributed by atoms with Crippen molar-refractivity contribution in [1.82, 2.24) is 9.78 Å². The Kier molecular flexibility index (Phi) is 3.69. The van der Waals surface area contributed by atoms with Crippen molar-refractivity contribution in [2.45, 2.75) is 6.92 Å². The summed E-state index contributed by atoms with van der Waals surface area (Å²) in [5.74, 6) is -1.27. The normalized spacial score (nSPS) is 10.6. The van der Waals surface area contributed by atoms with Gasteiger partial charge in [0.05, 0.1) is 16.7 Å². The van der Waals surface area contributed by atoms with Crippen LogP contribution in [0.2, 0.25) is 5.02 Å². The zero-order chi connectivity index (χ0) is 15.7. The van der Waals surface area contributed by atoms with E-state index in [9.17, 15) is 9.90 Å². The minimum Gasteiger partial charge on any atom is -0.545 e. The molecule has 0 fully saturated rings. The smallest absolute Gasteiger partial charge is 0.102 e. The van der Waals surface area contributed by atoms with Gasteiger partial charge in [0.1, 0.15) is 5.69 Å². The van der Waals surface area contributed by atoms with Crippen LogP contribution in [0.1, 0.15) is 15.9 Å². The maximum atomic E-state index is 11.4. The Bertz CT molecular complexity index is 838. The summed E-state index contributed by atoms with van der Waals surface area (Å²) < 4.78 is 1.46. The molecule has 0 saturated heterocycles. The van der Waals surface area contributed by atoms with Crippen molar-refractivity contribution in [2.24, 2.45) is 0 Å². The molecule has 0 unspecified atom stereocenters. The van der Waals surface area contributed by atoms with E-state index in [1.54, 1.807) is 18.2 Å². The van der Waals surface area contributed by atoms with Gasteiger partial charge in [-0.2, -0.15) is 5.10 Å². The number of hydrogen-bond donors (Lipinski definition) is 0. The zero-order valence-electron chi connectivity index (χ0n) is 11.8. The van der Waals surface area contributed by atoms with Gasteiger partial charge in [-0.15, -0.1) is 0 Å². The first-order chi connectivity index (χ1) is 10.6. The van der Waals surface area contributed by atoms with Crippen molar-refractivity contribution in [3.05, 3.63) is 70.9 Å². The first kappa shape index (κ1) is 14.4. The standard InChI is InChI=1S/C17H13ClN2O2/c1-11-6-8-12(9-7-11)16-13(17(21)22)10-20(19-16)15-5-3-2-4-14(15)18/h2-10H,1H3,(H,21,22)/p-1. The summed E-state index contributed by atoms with van der Waals surface area (Å²) in [6.45, 7) is 1.96. The van der Waals surface area contributed by atoms with Gasteiger partial charge in [-0.25, -0.2) is 4.68 Å². The van der Waals surface area contributed by atoms with E-state index >= 15 is 0 Å². The molecule has 0 saturated carbocycles. The number of benzene rings is 2. The van der Waals surface area contributed by atoms with Crippen LogP contribution in [-0.2, 0) is 0 Å². The predicted octanol–water partition coefficient (Wildman–Crippen LogP) is 2.86.